The van der Waals surface area contributed by atoms with Crippen LogP contribution in [0.5, 0.6) is 0 Å². The molecular weight excluding hydrogens is 332 g/mol. The van der Waals surface area contributed by atoms with Crippen LogP contribution in [0.2, 0.25) is 0 Å². The minimum atomic E-state index is -0.938. The van der Waals surface area contributed by atoms with E-state index in [1.807, 2.05) is 20.0 Å². The molecule has 0 bridgehead atoms. The van der Waals surface area contributed by atoms with Gasteiger partial charge in [-0.05, 0) is 43.2 Å². The van der Waals surface area contributed by atoms with E-state index in [0.29, 0.717) is 18.2 Å². The molecule has 0 amide bonds. The molecule has 7 heteroatoms. The van der Waals surface area contributed by atoms with Gasteiger partial charge in [0.1, 0.15) is 5.60 Å². The highest BCUT2D eigenvalue weighted by Crippen LogP contribution is 2.52. The van der Waals surface area contributed by atoms with Gasteiger partial charge in [-0.25, -0.2) is 9.50 Å². The van der Waals surface area contributed by atoms with E-state index < -0.39 is 17.5 Å². The fraction of sp³-hybridized carbons (Fsp3) is 0.632. The van der Waals surface area contributed by atoms with Gasteiger partial charge in [0.15, 0.2) is 11.5 Å². The summed E-state index contributed by atoms with van der Waals surface area (Å²) in [6, 6.07) is 2.14. The summed E-state index contributed by atoms with van der Waals surface area (Å²) in [4.78, 5) is 18.8. The summed E-state index contributed by atoms with van der Waals surface area (Å²) in [5.41, 5.74) is 1.99. The first-order chi connectivity index (χ1) is 12.4. The quantitative estimate of drug-likeness (QED) is 0.904. The largest absolute Gasteiger partial charge is 0.481 e. The number of nitrogens with zero attached hydrogens (tertiary/aromatic N) is 4. The molecule has 1 aliphatic carbocycles. The highest BCUT2D eigenvalue weighted by molar-refractivity contribution is 5.74. The van der Waals surface area contributed by atoms with Crippen LogP contribution in [0.1, 0.15) is 38.1 Å². The van der Waals surface area contributed by atoms with Gasteiger partial charge in [0.2, 0.25) is 0 Å². The second kappa shape index (κ2) is 5.94. The van der Waals surface area contributed by atoms with E-state index in [0.717, 1.165) is 30.0 Å². The van der Waals surface area contributed by atoms with Gasteiger partial charge in [-0.2, -0.15) is 0 Å². The number of carbonyl (C=O) groups is 1. The molecule has 2 aliphatic rings. The van der Waals surface area contributed by atoms with Crippen molar-refractivity contribution < 1.29 is 14.6 Å². The molecule has 26 heavy (non-hydrogen) atoms. The molecule has 4 rings (SSSR count). The van der Waals surface area contributed by atoms with Gasteiger partial charge in [-0.15, -0.1) is 5.10 Å². The Kier molecular flexibility index (Phi) is 3.95. The van der Waals surface area contributed by atoms with Crippen LogP contribution in [0.3, 0.4) is 0 Å². The lowest BCUT2D eigenvalue weighted by Gasteiger charge is -2.48. The molecule has 0 spiro atoms. The number of rotatable bonds is 4. The van der Waals surface area contributed by atoms with E-state index >= 15 is 0 Å². The standard InChI is InChI=1S/C19H26N4O3/c1-11-5-6-22(9-11)14-7-12(2)16-20-18(21-23(16)10-14)19(26-4)8-13(3)15(19)17(24)25/h7,10-11,13,15H,5-6,8-9H2,1-4H3,(H,24,25). The molecule has 140 valence electrons. The summed E-state index contributed by atoms with van der Waals surface area (Å²) < 4.78 is 7.47. The predicted molar refractivity (Wildman–Crippen MR) is 97.3 cm³/mol. The Balaban J connectivity index is 1.76. The number of hydrogen-bond donors (Lipinski definition) is 1. The predicted octanol–water partition coefficient (Wildman–Crippen LogP) is 2.47. The minimum Gasteiger partial charge on any atom is -0.481 e. The Morgan fingerprint density at radius 1 is 1.42 bits per heavy atom. The number of ether oxygens (including phenoxy) is 1. The third kappa shape index (κ3) is 2.40. The summed E-state index contributed by atoms with van der Waals surface area (Å²) in [7, 11) is 1.55. The number of anilines is 1. The molecule has 1 aliphatic heterocycles. The van der Waals surface area contributed by atoms with Crippen molar-refractivity contribution in [1.82, 2.24) is 14.6 Å². The highest BCUT2D eigenvalue weighted by Gasteiger charge is 2.60. The lowest BCUT2D eigenvalue weighted by atomic mass is 9.61. The van der Waals surface area contributed by atoms with Crippen molar-refractivity contribution in [2.24, 2.45) is 17.8 Å². The van der Waals surface area contributed by atoms with Crippen LogP contribution in [-0.2, 0) is 15.1 Å². The number of hydrogen-bond acceptors (Lipinski definition) is 5. The van der Waals surface area contributed by atoms with E-state index in [1.54, 1.807) is 11.6 Å². The Labute approximate surface area is 153 Å². The number of carboxylic acids is 1. The van der Waals surface area contributed by atoms with Crippen molar-refractivity contribution in [1.29, 1.82) is 0 Å². The van der Waals surface area contributed by atoms with Gasteiger partial charge in [-0.1, -0.05) is 13.8 Å². The first kappa shape index (κ1) is 17.3. The Morgan fingerprint density at radius 3 is 2.77 bits per heavy atom. The van der Waals surface area contributed by atoms with Crippen LogP contribution in [0.25, 0.3) is 5.65 Å². The third-order valence-electron chi connectivity index (χ3n) is 6.10. The average molecular weight is 358 g/mol. The molecule has 0 radical (unpaired) electrons. The van der Waals surface area contributed by atoms with E-state index in [-0.39, 0.29) is 5.92 Å². The molecule has 4 unspecified atom stereocenters. The summed E-state index contributed by atoms with van der Waals surface area (Å²) in [6.07, 6.45) is 3.82. The van der Waals surface area contributed by atoms with Gasteiger partial charge < -0.3 is 14.7 Å². The van der Waals surface area contributed by atoms with Gasteiger partial charge in [0.25, 0.3) is 0 Å². The van der Waals surface area contributed by atoms with Crippen molar-refractivity contribution in [3.05, 3.63) is 23.7 Å². The number of fused-ring (bicyclic) bond motifs is 1. The second-order valence-electron chi connectivity index (χ2n) is 8.02. The fourth-order valence-corrected chi connectivity index (χ4v) is 4.65. The monoisotopic (exact) mass is 358 g/mol. The molecule has 2 aromatic rings. The van der Waals surface area contributed by atoms with Gasteiger partial charge >= 0.3 is 5.97 Å². The van der Waals surface area contributed by atoms with Crippen molar-refractivity contribution >= 4 is 17.3 Å². The maximum absolute atomic E-state index is 11.7. The molecule has 7 nitrogen and oxygen atoms in total. The number of aromatic nitrogens is 3. The average Bonchev–Trinajstić information content (AvgIpc) is 3.18. The summed E-state index contributed by atoms with van der Waals surface area (Å²) >= 11 is 0. The van der Waals surface area contributed by atoms with Crippen LogP contribution in [0, 0.1) is 24.7 Å². The molecule has 2 aromatic heterocycles. The van der Waals surface area contributed by atoms with Crippen molar-refractivity contribution in [2.45, 2.75) is 39.2 Å². The number of pyridine rings is 1. The molecule has 2 fully saturated rings. The van der Waals surface area contributed by atoms with E-state index in [1.165, 1.54) is 6.42 Å². The lowest BCUT2D eigenvalue weighted by molar-refractivity contribution is -0.196. The van der Waals surface area contributed by atoms with Gasteiger partial charge in [0.05, 0.1) is 17.8 Å². The highest BCUT2D eigenvalue weighted by atomic mass is 16.5. The minimum absolute atomic E-state index is 0.0433. The zero-order valence-electron chi connectivity index (χ0n) is 15.8. The fourth-order valence-electron chi connectivity index (χ4n) is 4.65. The molecule has 1 saturated heterocycles. The third-order valence-corrected chi connectivity index (χ3v) is 6.10. The molecule has 4 atom stereocenters. The maximum atomic E-state index is 11.7. The first-order valence-electron chi connectivity index (χ1n) is 9.26. The zero-order chi connectivity index (χ0) is 18.6. The van der Waals surface area contributed by atoms with Crippen LogP contribution in [-0.4, -0.2) is 45.9 Å². The van der Waals surface area contributed by atoms with E-state index in [9.17, 15) is 9.90 Å². The van der Waals surface area contributed by atoms with Crippen LogP contribution < -0.4 is 4.90 Å². The van der Waals surface area contributed by atoms with Gasteiger partial charge in [0, 0.05) is 20.2 Å². The van der Waals surface area contributed by atoms with Crippen LogP contribution in [0.15, 0.2) is 12.3 Å². The van der Waals surface area contributed by atoms with Crippen LogP contribution >= 0.6 is 0 Å². The summed E-state index contributed by atoms with van der Waals surface area (Å²) in [5, 5.41) is 14.3. The summed E-state index contributed by atoms with van der Waals surface area (Å²) in [6.45, 7) is 8.32. The number of aliphatic carboxylic acids is 1. The molecule has 0 aromatic carbocycles. The molecule has 1 N–H and O–H groups in total. The van der Waals surface area contributed by atoms with Crippen molar-refractivity contribution in [3.8, 4) is 0 Å². The van der Waals surface area contributed by atoms with Crippen molar-refractivity contribution in [3.63, 3.8) is 0 Å². The topological polar surface area (TPSA) is 80.0 Å². The Morgan fingerprint density at radius 2 is 2.19 bits per heavy atom. The number of aryl methyl sites for hydroxylation is 1. The van der Waals surface area contributed by atoms with Crippen LogP contribution in [0.4, 0.5) is 5.69 Å². The van der Waals surface area contributed by atoms with E-state index in [2.05, 4.69) is 28.0 Å². The van der Waals surface area contributed by atoms with Crippen molar-refractivity contribution in [2.75, 3.05) is 25.1 Å². The lowest BCUT2D eigenvalue weighted by Crippen LogP contribution is -2.56. The molecular formula is C19H26N4O3. The number of carboxylic acid groups (broad SMARTS) is 1. The Bertz CT molecular complexity index is 864. The van der Waals surface area contributed by atoms with E-state index in [4.69, 9.17) is 4.74 Å². The molecule has 1 saturated carbocycles. The molecule has 3 heterocycles. The second-order valence-corrected chi connectivity index (χ2v) is 8.02. The first-order valence-corrected chi connectivity index (χ1v) is 9.26. The summed E-state index contributed by atoms with van der Waals surface area (Å²) in [5.74, 6) is -0.263. The SMILES string of the molecule is COC1(c2nc3c(C)cc(N4CCC(C)C4)cn3n2)CC(C)C1C(=O)O. The normalized spacial score (nSPS) is 31.4. The van der Waals surface area contributed by atoms with Gasteiger partial charge in [-0.3, -0.25) is 4.79 Å². The number of methoxy groups -OCH3 is 1. The maximum Gasteiger partial charge on any atom is 0.310 e. The Hall–Kier alpha value is -2.15. The zero-order valence-corrected chi connectivity index (χ0v) is 15.8. The smallest absolute Gasteiger partial charge is 0.310 e.